The number of aromatic nitrogens is 2. The fourth-order valence-electron chi connectivity index (χ4n) is 2.69. The Balaban J connectivity index is 2.05. The Morgan fingerprint density at radius 1 is 1.29 bits per heavy atom. The molecular weight excluding hydrogens is 236 g/mol. The van der Waals surface area contributed by atoms with Gasteiger partial charge < -0.3 is 5.11 Å². The molecular formula is C13H15ClN2O. The lowest BCUT2D eigenvalue weighted by atomic mass is 9.93. The van der Waals surface area contributed by atoms with E-state index in [1.165, 1.54) is 0 Å². The summed E-state index contributed by atoms with van der Waals surface area (Å²) in [4.78, 5) is 0. The van der Waals surface area contributed by atoms with Gasteiger partial charge in [-0.1, -0.05) is 23.7 Å². The molecule has 0 aliphatic heterocycles. The van der Waals surface area contributed by atoms with Crippen LogP contribution in [0.5, 0.6) is 0 Å². The maximum atomic E-state index is 9.75. The molecule has 1 aromatic carbocycles. The van der Waals surface area contributed by atoms with Crippen molar-refractivity contribution >= 4 is 22.5 Å². The number of para-hydroxylation sites is 1. The minimum absolute atomic E-state index is 0.199. The fraction of sp³-hybridized carbons (Fsp3) is 0.462. The minimum Gasteiger partial charge on any atom is -0.393 e. The number of aliphatic hydroxyl groups excluding tert-OH is 1. The van der Waals surface area contributed by atoms with Crippen LogP contribution in [0.2, 0.25) is 5.15 Å². The maximum Gasteiger partial charge on any atom is 0.158 e. The number of nitrogens with zero attached hydrogens (tertiary/aromatic N) is 2. The summed E-state index contributed by atoms with van der Waals surface area (Å²) in [7, 11) is 0. The van der Waals surface area contributed by atoms with Crippen LogP contribution in [0.25, 0.3) is 10.9 Å². The third-order valence-electron chi connectivity index (χ3n) is 3.53. The van der Waals surface area contributed by atoms with Crippen LogP contribution in [0, 0.1) is 0 Å². The topological polar surface area (TPSA) is 38.0 Å². The summed E-state index contributed by atoms with van der Waals surface area (Å²) < 4.78 is 1.99. The second-order valence-corrected chi connectivity index (χ2v) is 5.08. The van der Waals surface area contributed by atoms with Gasteiger partial charge in [0.1, 0.15) is 0 Å². The first-order valence-electron chi connectivity index (χ1n) is 6.06. The van der Waals surface area contributed by atoms with Gasteiger partial charge in [0.25, 0.3) is 0 Å². The molecule has 1 saturated carbocycles. The first kappa shape index (κ1) is 11.1. The van der Waals surface area contributed by atoms with Crippen molar-refractivity contribution in [2.75, 3.05) is 0 Å². The number of aliphatic hydroxyl groups is 1. The van der Waals surface area contributed by atoms with Crippen molar-refractivity contribution in [3.8, 4) is 0 Å². The summed E-state index contributed by atoms with van der Waals surface area (Å²) in [6.45, 7) is 0. The van der Waals surface area contributed by atoms with Gasteiger partial charge in [-0.2, -0.15) is 5.10 Å². The van der Waals surface area contributed by atoms with Crippen molar-refractivity contribution in [2.24, 2.45) is 0 Å². The van der Waals surface area contributed by atoms with Crippen LogP contribution < -0.4 is 0 Å². The zero-order valence-corrected chi connectivity index (χ0v) is 10.3. The number of rotatable bonds is 1. The molecule has 2 unspecified atom stereocenters. The molecule has 3 rings (SSSR count). The van der Waals surface area contributed by atoms with Gasteiger partial charge in [-0.25, -0.2) is 0 Å². The largest absolute Gasteiger partial charge is 0.393 e. The van der Waals surface area contributed by atoms with Crippen LogP contribution in [0.4, 0.5) is 0 Å². The van der Waals surface area contributed by atoms with E-state index in [2.05, 4.69) is 5.10 Å². The number of benzene rings is 1. The van der Waals surface area contributed by atoms with Crippen LogP contribution in [0.3, 0.4) is 0 Å². The van der Waals surface area contributed by atoms with Crippen LogP contribution in [0.15, 0.2) is 24.3 Å². The third-order valence-corrected chi connectivity index (χ3v) is 3.81. The van der Waals surface area contributed by atoms with Crippen molar-refractivity contribution in [3.05, 3.63) is 29.4 Å². The first-order chi connectivity index (χ1) is 8.25. The van der Waals surface area contributed by atoms with E-state index in [1.807, 2.05) is 28.9 Å². The molecule has 90 valence electrons. The van der Waals surface area contributed by atoms with Gasteiger partial charge in [0, 0.05) is 5.39 Å². The van der Waals surface area contributed by atoms with Crippen molar-refractivity contribution in [2.45, 2.75) is 37.8 Å². The standard InChI is InChI=1S/C13H15ClN2O/c14-13-11-6-1-2-7-12(11)16(15-13)9-4-3-5-10(17)8-9/h1-2,6-7,9-10,17H,3-5,8H2. The molecule has 1 fully saturated rings. The minimum atomic E-state index is -0.199. The van der Waals surface area contributed by atoms with Crippen LogP contribution in [0.1, 0.15) is 31.7 Å². The second kappa shape index (κ2) is 4.31. The monoisotopic (exact) mass is 250 g/mol. The van der Waals surface area contributed by atoms with Crippen LogP contribution >= 0.6 is 11.6 Å². The van der Waals surface area contributed by atoms with E-state index >= 15 is 0 Å². The third kappa shape index (κ3) is 1.94. The Morgan fingerprint density at radius 3 is 2.94 bits per heavy atom. The fourth-order valence-corrected chi connectivity index (χ4v) is 2.93. The Labute approximate surface area is 105 Å². The molecule has 0 spiro atoms. The Kier molecular flexibility index (Phi) is 2.81. The molecule has 3 nitrogen and oxygen atoms in total. The van der Waals surface area contributed by atoms with Crippen LogP contribution in [-0.4, -0.2) is 21.0 Å². The molecule has 17 heavy (non-hydrogen) atoms. The molecule has 2 atom stereocenters. The highest BCUT2D eigenvalue weighted by atomic mass is 35.5. The van der Waals surface area contributed by atoms with E-state index in [-0.39, 0.29) is 12.1 Å². The summed E-state index contributed by atoms with van der Waals surface area (Å²) in [5.74, 6) is 0. The van der Waals surface area contributed by atoms with E-state index in [9.17, 15) is 5.11 Å². The quantitative estimate of drug-likeness (QED) is 0.844. The van der Waals surface area contributed by atoms with Crippen molar-refractivity contribution in [1.29, 1.82) is 0 Å². The van der Waals surface area contributed by atoms with Crippen molar-refractivity contribution < 1.29 is 5.11 Å². The molecule has 1 aliphatic rings. The average molecular weight is 251 g/mol. The lowest BCUT2D eigenvalue weighted by Crippen LogP contribution is -2.23. The summed E-state index contributed by atoms with van der Waals surface area (Å²) in [5.41, 5.74) is 1.07. The molecule has 1 N–H and O–H groups in total. The SMILES string of the molecule is OC1CCCC(n2nc(Cl)c3ccccc32)C1. The highest BCUT2D eigenvalue weighted by Crippen LogP contribution is 2.32. The first-order valence-corrected chi connectivity index (χ1v) is 6.44. The van der Waals surface area contributed by atoms with Gasteiger partial charge in [0.2, 0.25) is 0 Å². The van der Waals surface area contributed by atoms with E-state index in [0.717, 1.165) is 36.6 Å². The zero-order chi connectivity index (χ0) is 11.8. The smallest absolute Gasteiger partial charge is 0.158 e. The lowest BCUT2D eigenvalue weighted by Gasteiger charge is -2.26. The summed E-state index contributed by atoms with van der Waals surface area (Å²) in [6.07, 6.45) is 3.61. The molecule has 1 aliphatic carbocycles. The Bertz CT molecular complexity index is 537. The van der Waals surface area contributed by atoms with Gasteiger partial charge in [0.15, 0.2) is 5.15 Å². The normalized spacial score (nSPS) is 25.3. The highest BCUT2D eigenvalue weighted by Gasteiger charge is 2.24. The van der Waals surface area contributed by atoms with Gasteiger partial charge in [0.05, 0.1) is 17.7 Å². The average Bonchev–Trinajstić information content (AvgIpc) is 2.68. The predicted molar refractivity (Wildman–Crippen MR) is 68.3 cm³/mol. The van der Waals surface area contributed by atoms with Gasteiger partial charge in [-0.05, 0) is 37.8 Å². The second-order valence-electron chi connectivity index (χ2n) is 4.73. The molecule has 1 heterocycles. The number of fused-ring (bicyclic) bond motifs is 1. The van der Waals surface area contributed by atoms with E-state index < -0.39 is 0 Å². The zero-order valence-electron chi connectivity index (χ0n) is 9.51. The summed E-state index contributed by atoms with van der Waals surface area (Å²) >= 11 is 6.14. The molecule has 4 heteroatoms. The van der Waals surface area contributed by atoms with Gasteiger partial charge in [-0.15, -0.1) is 0 Å². The Morgan fingerprint density at radius 2 is 2.12 bits per heavy atom. The Hall–Kier alpha value is -1.06. The van der Waals surface area contributed by atoms with Gasteiger partial charge >= 0.3 is 0 Å². The van der Waals surface area contributed by atoms with Crippen molar-refractivity contribution in [1.82, 2.24) is 9.78 Å². The predicted octanol–water partition coefficient (Wildman–Crippen LogP) is 3.17. The van der Waals surface area contributed by atoms with Crippen LogP contribution in [-0.2, 0) is 0 Å². The number of halogens is 1. The maximum absolute atomic E-state index is 9.75. The number of hydrogen-bond donors (Lipinski definition) is 1. The summed E-state index contributed by atoms with van der Waals surface area (Å²) in [6, 6.07) is 8.26. The number of hydrogen-bond acceptors (Lipinski definition) is 2. The molecule has 1 aromatic heterocycles. The van der Waals surface area contributed by atoms with E-state index in [0.29, 0.717) is 5.15 Å². The molecule has 0 radical (unpaired) electrons. The molecule has 2 aromatic rings. The van der Waals surface area contributed by atoms with E-state index in [1.54, 1.807) is 0 Å². The van der Waals surface area contributed by atoms with Gasteiger partial charge in [-0.3, -0.25) is 4.68 Å². The van der Waals surface area contributed by atoms with E-state index in [4.69, 9.17) is 11.6 Å². The van der Waals surface area contributed by atoms with Crippen molar-refractivity contribution in [3.63, 3.8) is 0 Å². The molecule has 0 saturated heterocycles. The lowest BCUT2D eigenvalue weighted by molar-refractivity contribution is 0.101. The highest BCUT2D eigenvalue weighted by molar-refractivity contribution is 6.34. The molecule has 0 amide bonds. The molecule has 0 bridgehead atoms. The summed E-state index contributed by atoms with van der Waals surface area (Å²) in [5, 5.41) is 15.7.